The fourth-order valence-electron chi connectivity index (χ4n) is 3.00. The third-order valence-electron chi connectivity index (χ3n) is 4.28. The van der Waals surface area contributed by atoms with E-state index in [4.69, 9.17) is 12.2 Å². The van der Waals surface area contributed by atoms with E-state index in [-0.39, 0.29) is 0 Å². The van der Waals surface area contributed by atoms with Gasteiger partial charge in [-0.05, 0) is 47.6 Å². The van der Waals surface area contributed by atoms with Gasteiger partial charge >= 0.3 is 0 Å². The highest BCUT2D eigenvalue weighted by Crippen LogP contribution is 2.25. The predicted octanol–water partition coefficient (Wildman–Crippen LogP) is 5.77. The first-order chi connectivity index (χ1) is 11.7. The number of para-hydroxylation sites is 1. The van der Waals surface area contributed by atoms with Crippen LogP contribution in [0.3, 0.4) is 0 Å². The second kappa shape index (κ2) is 7.45. The molecule has 0 radical (unpaired) electrons. The summed E-state index contributed by atoms with van der Waals surface area (Å²) in [6.07, 6.45) is 1.96. The molecule has 3 aromatic rings. The van der Waals surface area contributed by atoms with Crippen LogP contribution < -0.4 is 10.6 Å². The molecule has 2 nitrogen and oxygen atoms in total. The largest absolute Gasteiger partial charge is 0.332 e. The molecule has 0 unspecified atom stereocenters. The Labute approximate surface area is 148 Å². The molecule has 3 rings (SSSR count). The lowest BCUT2D eigenvalue weighted by molar-refractivity contribution is 1.09. The van der Waals surface area contributed by atoms with Crippen LogP contribution in [0.1, 0.15) is 25.0 Å². The minimum atomic E-state index is 0.627. The molecule has 0 heterocycles. The maximum Gasteiger partial charge on any atom is 0.175 e. The quantitative estimate of drug-likeness (QED) is 0.592. The van der Waals surface area contributed by atoms with Gasteiger partial charge in [-0.3, -0.25) is 0 Å². The fourth-order valence-corrected chi connectivity index (χ4v) is 3.22. The second-order valence-corrected chi connectivity index (χ2v) is 6.17. The number of benzene rings is 3. The van der Waals surface area contributed by atoms with E-state index in [1.165, 1.54) is 21.9 Å². The Hall–Kier alpha value is -2.39. The number of hydrogen-bond donors (Lipinski definition) is 2. The maximum atomic E-state index is 5.57. The van der Waals surface area contributed by atoms with Gasteiger partial charge in [0.15, 0.2) is 5.11 Å². The van der Waals surface area contributed by atoms with E-state index >= 15 is 0 Å². The van der Waals surface area contributed by atoms with Crippen molar-refractivity contribution in [2.45, 2.75) is 26.7 Å². The molecule has 2 N–H and O–H groups in total. The van der Waals surface area contributed by atoms with E-state index in [0.29, 0.717) is 5.11 Å². The number of rotatable bonds is 4. The molecule has 3 aromatic carbocycles. The summed E-state index contributed by atoms with van der Waals surface area (Å²) >= 11 is 5.57. The van der Waals surface area contributed by atoms with E-state index in [9.17, 15) is 0 Å². The molecule has 0 aromatic heterocycles. The van der Waals surface area contributed by atoms with Crippen LogP contribution >= 0.6 is 12.2 Å². The van der Waals surface area contributed by atoms with Gasteiger partial charge in [-0.15, -0.1) is 0 Å². The Morgan fingerprint density at radius 3 is 2.12 bits per heavy atom. The molecule has 24 heavy (non-hydrogen) atoms. The van der Waals surface area contributed by atoms with Crippen LogP contribution in [0, 0.1) is 0 Å². The fraction of sp³-hybridized carbons (Fsp3) is 0.190. The predicted molar refractivity (Wildman–Crippen MR) is 109 cm³/mol. The number of fused-ring (bicyclic) bond motifs is 1. The van der Waals surface area contributed by atoms with E-state index in [1.807, 2.05) is 18.2 Å². The summed E-state index contributed by atoms with van der Waals surface area (Å²) in [5, 5.41) is 9.77. The van der Waals surface area contributed by atoms with E-state index in [0.717, 1.165) is 24.2 Å². The summed E-state index contributed by atoms with van der Waals surface area (Å²) in [5.74, 6) is 0. The molecule has 0 fully saturated rings. The third kappa shape index (κ3) is 3.41. The van der Waals surface area contributed by atoms with Gasteiger partial charge in [0.2, 0.25) is 0 Å². The van der Waals surface area contributed by atoms with Gasteiger partial charge in [-0.2, -0.15) is 0 Å². The van der Waals surface area contributed by atoms with E-state index in [2.05, 4.69) is 66.9 Å². The first kappa shape index (κ1) is 16.5. The monoisotopic (exact) mass is 334 g/mol. The Morgan fingerprint density at radius 2 is 1.42 bits per heavy atom. The SMILES string of the molecule is CCc1cccc(CC)c1NC(=S)Nc1cccc2ccccc12. The third-order valence-corrected chi connectivity index (χ3v) is 4.48. The van der Waals surface area contributed by atoms with E-state index < -0.39 is 0 Å². The van der Waals surface area contributed by atoms with Crippen molar-refractivity contribution in [1.82, 2.24) is 0 Å². The lowest BCUT2D eigenvalue weighted by atomic mass is 10.0. The Morgan fingerprint density at radius 1 is 0.792 bits per heavy atom. The number of anilines is 2. The first-order valence-corrected chi connectivity index (χ1v) is 8.80. The summed E-state index contributed by atoms with van der Waals surface area (Å²) in [5.41, 5.74) is 4.74. The summed E-state index contributed by atoms with van der Waals surface area (Å²) < 4.78 is 0. The van der Waals surface area contributed by atoms with Crippen molar-refractivity contribution in [1.29, 1.82) is 0 Å². The van der Waals surface area contributed by atoms with Crippen LogP contribution in [0.5, 0.6) is 0 Å². The molecule has 0 aliphatic carbocycles. The molecular weight excluding hydrogens is 312 g/mol. The second-order valence-electron chi connectivity index (χ2n) is 5.76. The van der Waals surface area contributed by atoms with Gasteiger partial charge in [0.05, 0.1) is 0 Å². The number of nitrogens with one attached hydrogen (secondary N) is 2. The van der Waals surface area contributed by atoms with Crippen molar-refractivity contribution in [3.05, 3.63) is 71.8 Å². The highest BCUT2D eigenvalue weighted by Gasteiger charge is 2.09. The van der Waals surface area contributed by atoms with Crippen LogP contribution in [-0.4, -0.2) is 5.11 Å². The summed E-state index contributed by atoms with van der Waals surface area (Å²) in [7, 11) is 0. The molecule has 0 bridgehead atoms. The Kier molecular flexibility index (Phi) is 5.11. The molecule has 0 saturated carbocycles. The van der Waals surface area contributed by atoms with Crippen molar-refractivity contribution < 1.29 is 0 Å². The normalized spacial score (nSPS) is 10.6. The molecule has 0 aliphatic rings. The highest BCUT2D eigenvalue weighted by molar-refractivity contribution is 7.80. The average molecular weight is 334 g/mol. The van der Waals surface area contributed by atoms with Crippen LogP contribution in [0.15, 0.2) is 60.7 Å². The average Bonchev–Trinajstić information content (AvgIpc) is 2.62. The molecule has 0 amide bonds. The Balaban J connectivity index is 1.86. The lowest BCUT2D eigenvalue weighted by Crippen LogP contribution is -2.21. The zero-order valence-corrected chi connectivity index (χ0v) is 14.9. The lowest BCUT2D eigenvalue weighted by Gasteiger charge is -2.17. The van der Waals surface area contributed by atoms with Gasteiger partial charge < -0.3 is 10.6 Å². The molecule has 0 aliphatic heterocycles. The van der Waals surface area contributed by atoms with Crippen LogP contribution in [0.4, 0.5) is 11.4 Å². The van der Waals surface area contributed by atoms with Gasteiger partial charge in [-0.1, -0.05) is 68.4 Å². The van der Waals surface area contributed by atoms with Gasteiger partial charge in [0.25, 0.3) is 0 Å². The van der Waals surface area contributed by atoms with Crippen molar-refractivity contribution in [2.75, 3.05) is 10.6 Å². The van der Waals surface area contributed by atoms with E-state index in [1.54, 1.807) is 0 Å². The van der Waals surface area contributed by atoms with Crippen LogP contribution in [0.2, 0.25) is 0 Å². The van der Waals surface area contributed by atoms with Gasteiger partial charge in [0, 0.05) is 16.8 Å². The smallest absolute Gasteiger partial charge is 0.175 e. The van der Waals surface area contributed by atoms with Crippen LogP contribution in [0.25, 0.3) is 10.8 Å². The standard InChI is InChI=1S/C21H22N2S/c1-3-15-10-7-11-16(4-2)20(15)23-21(24)22-19-14-8-12-17-9-5-6-13-18(17)19/h5-14H,3-4H2,1-2H3,(H2,22,23,24). The van der Waals surface area contributed by atoms with Crippen LogP contribution in [-0.2, 0) is 12.8 Å². The highest BCUT2D eigenvalue weighted by atomic mass is 32.1. The molecule has 0 saturated heterocycles. The molecule has 3 heteroatoms. The minimum absolute atomic E-state index is 0.627. The number of thiocarbonyl (C=S) groups is 1. The summed E-state index contributed by atoms with van der Waals surface area (Å²) in [6, 6.07) is 21.0. The first-order valence-electron chi connectivity index (χ1n) is 8.39. The van der Waals surface area contributed by atoms with Crippen molar-refractivity contribution in [2.24, 2.45) is 0 Å². The van der Waals surface area contributed by atoms with Crippen molar-refractivity contribution in [3.8, 4) is 0 Å². The summed E-state index contributed by atoms with van der Waals surface area (Å²) in [6.45, 7) is 4.34. The van der Waals surface area contributed by atoms with Gasteiger partial charge in [0.1, 0.15) is 0 Å². The zero-order chi connectivity index (χ0) is 16.9. The molecule has 0 atom stereocenters. The molecule has 122 valence electrons. The van der Waals surface area contributed by atoms with Crippen molar-refractivity contribution >= 4 is 39.5 Å². The molecular formula is C21H22N2S. The Bertz CT molecular complexity index is 843. The summed E-state index contributed by atoms with van der Waals surface area (Å²) in [4.78, 5) is 0. The molecule has 0 spiro atoms. The number of aryl methyl sites for hydroxylation is 2. The number of hydrogen-bond acceptors (Lipinski definition) is 1. The zero-order valence-electron chi connectivity index (χ0n) is 14.1. The van der Waals surface area contributed by atoms with Crippen molar-refractivity contribution in [3.63, 3.8) is 0 Å². The topological polar surface area (TPSA) is 24.1 Å². The van der Waals surface area contributed by atoms with Gasteiger partial charge in [-0.25, -0.2) is 0 Å². The maximum absolute atomic E-state index is 5.57. The minimum Gasteiger partial charge on any atom is -0.332 e.